The van der Waals surface area contributed by atoms with Crippen LogP contribution >= 0.6 is 0 Å². The van der Waals surface area contributed by atoms with Crippen LogP contribution in [-0.2, 0) is 0 Å². The van der Waals surface area contributed by atoms with E-state index in [-0.39, 0.29) is 17.3 Å². The molecule has 2 N–H and O–H groups in total. The van der Waals surface area contributed by atoms with E-state index >= 15 is 0 Å². The zero-order valence-corrected chi connectivity index (χ0v) is 8.99. The fraction of sp³-hybridized carbons (Fsp3) is 0.400. The summed E-state index contributed by atoms with van der Waals surface area (Å²) in [6, 6.07) is 2.93. The predicted molar refractivity (Wildman–Crippen MR) is 56.7 cm³/mol. The first-order valence-corrected chi connectivity index (χ1v) is 4.75. The van der Waals surface area contributed by atoms with Gasteiger partial charge in [-0.1, -0.05) is 12.1 Å². The third-order valence-electron chi connectivity index (χ3n) is 1.95. The Labute approximate surface area is 88.7 Å². The van der Waals surface area contributed by atoms with E-state index < -0.39 is 12.9 Å². The van der Waals surface area contributed by atoms with Crippen molar-refractivity contribution in [2.24, 2.45) is 0 Å². The van der Waals surface area contributed by atoms with Crippen LogP contribution in [-0.4, -0.2) is 23.3 Å². The van der Waals surface area contributed by atoms with Crippen molar-refractivity contribution < 1.29 is 19.2 Å². The van der Waals surface area contributed by atoms with Gasteiger partial charge < -0.3 is 14.8 Å². The molecule has 0 radical (unpaired) electrons. The van der Waals surface area contributed by atoms with Crippen LogP contribution < -0.4 is 10.2 Å². The SMILES string of the molecule is Cc1ccc(B(O)O)c(OC(C)C)c1F. The quantitative estimate of drug-likeness (QED) is 0.721. The van der Waals surface area contributed by atoms with Gasteiger partial charge in [-0.05, 0) is 26.3 Å². The van der Waals surface area contributed by atoms with Crippen LogP contribution in [0.2, 0.25) is 0 Å². The molecule has 3 nitrogen and oxygen atoms in total. The Balaban J connectivity index is 3.22. The highest BCUT2D eigenvalue weighted by Gasteiger charge is 2.22. The molecule has 0 aromatic heterocycles. The second kappa shape index (κ2) is 4.64. The molecule has 0 fully saturated rings. The van der Waals surface area contributed by atoms with E-state index in [0.717, 1.165) is 0 Å². The maximum Gasteiger partial charge on any atom is 0.492 e. The molecule has 0 bridgehead atoms. The highest BCUT2D eigenvalue weighted by molar-refractivity contribution is 6.59. The van der Waals surface area contributed by atoms with E-state index in [1.807, 2.05) is 0 Å². The van der Waals surface area contributed by atoms with Gasteiger partial charge in [0.15, 0.2) is 11.6 Å². The first-order valence-electron chi connectivity index (χ1n) is 4.75. The van der Waals surface area contributed by atoms with Crippen molar-refractivity contribution in [2.75, 3.05) is 0 Å². The van der Waals surface area contributed by atoms with Crippen molar-refractivity contribution in [2.45, 2.75) is 26.9 Å². The van der Waals surface area contributed by atoms with Gasteiger partial charge in [-0.3, -0.25) is 0 Å². The molecule has 0 aliphatic carbocycles. The summed E-state index contributed by atoms with van der Waals surface area (Å²) in [7, 11) is -1.73. The normalized spacial score (nSPS) is 10.6. The summed E-state index contributed by atoms with van der Waals surface area (Å²) in [4.78, 5) is 0. The molecule has 82 valence electrons. The molecule has 15 heavy (non-hydrogen) atoms. The van der Waals surface area contributed by atoms with Gasteiger partial charge in [-0.25, -0.2) is 4.39 Å². The Morgan fingerprint density at radius 3 is 2.40 bits per heavy atom. The van der Waals surface area contributed by atoms with Gasteiger partial charge in [0.25, 0.3) is 0 Å². The highest BCUT2D eigenvalue weighted by atomic mass is 19.1. The average molecular weight is 212 g/mol. The molecule has 1 aromatic carbocycles. The lowest BCUT2D eigenvalue weighted by molar-refractivity contribution is 0.232. The molecule has 1 rings (SSSR count). The van der Waals surface area contributed by atoms with Gasteiger partial charge in [0, 0.05) is 5.46 Å². The molecule has 0 aliphatic heterocycles. The molecule has 1 aromatic rings. The Morgan fingerprint density at radius 1 is 1.33 bits per heavy atom. The van der Waals surface area contributed by atoms with Crippen molar-refractivity contribution in [1.82, 2.24) is 0 Å². The average Bonchev–Trinajstić information content (AvgIpc) is 2.12. The molecule has 0 saturated heterocycles. The smallest absolute Gasteiger partial charge is 0.488 e. The Morgan fingerprint density at radius 2 is 1.93 bits per heavy atom. The molecule has 0 aliphatic rings. The Bertz CT molecular complexity index is 353. The largest absolute Gasteiger partial charge is 0.492 e. The second-order valence-corrected chi connectivity index (χ2v) is 3.66. The molecule has 0 heterocycles. The fourth-order valence-electron chi connectivity index (χ4n) is 1.23. The van der Waals surface area contributed by atoms with Crippen LogP contribution in [0.25, 0.3) is 0 Å². The molecule has 0 unspecified atom stereocenters. The summed E-state index contributed by atoms with van der Waals surface area (Å²) in [6.07, 6.45) is -0.223. The van der Waals surface area contributed by atoms with Crippen LogP contribution in [0.5, 0.6) is 5.75 Å². The summed E-state index contributed by atoms with van der Waals surface area (Å²) in [5.74, 6) is -0.630. The number of rotatable bonds is 3. The number of halogens is 1. The third-order valence-corrected chi connectivity index (χ3v) is 1.95. The maximum absolute atomic E-state index is 13.6. The number of hydrogen-bond donors (Lipinski definition) is 2. The topological polar surface area (TPSA) is 49.7 Å². The monoisotopic (exact) mass is 212 g/mol. The van der Waals surface area contributed by atoms with Crippen molar-refractivity contribution in [1.29, 1.82) is 0 Å². The summed E-state index contributed by atoms with van der Waals surface area (Å²) in [5, 5.41) is 18.1. The Hall–Kier alpha value is -1.07. The van der Waals surface area contributed by atoms with Gasteiger partial charge in [0.05, 0.1) is 6.10 Å². The molecule has 0 saturated carbocycles. The van der Waals surface area contributed by atoms with E-state index in [1.54, 1.807) is 20.8 Å². The minimum Gasteiger partial charge on any atom is -0.488 e. The zero-order chi connectivity index (χ0) is 11.6. The van der Waals surface area contributed by atoms with Crippen LogP contribution in [0.4, 0.5) is 4.39 Å². The van der Waals surface area contributed by atoms with E-state index in [4.69, 9.17) is 14.8 Å². The lowest BCUT2D eigenvalue weighted by Crippen LogP contribution is -2.33. The van der Waals surface area contributed by atoms with Crippen molar-refractivity contribution >= 4 is 12.6 Å². The van der Waals surface area contributed by atoms with E-state index in [9.17, 15) is 4.39 Å². The van der Waals surface area contributed by atoms with Crippen LogP contribution in [0.3, 0.4) is 0 Å². The molecule has 5 heteroatoms. The minimum atomic E-state index is -1.73. The first kappa shape index (κ1) is 12.0. The minimum absolute atomic E-state index is 0.0480. The maximum atomic E-state index is 13.6. The fourth-order valence-corrected chi connectivity index (χ4v) is 1.23. The van der Waals surface area contributed by atoms with E-state index in [2.05, 4.69) is 0 Å². The van der Waals surface area contributed by atoms with Crippen LogP contribution in [0.15, 0.2) is 12.1 Å². The molecule has 0 amide bonds. The highest BCUT2D eigenvalue weighted by Crippen LogP contribution is 2.19. The molecular weight excluding hydrogens is 198 g/mol. The van der Waals surface area contributed by atoms with Crippen LogP contribution in [0.1, 0.15) is 19.4 Å². The van der Waals surface area contributed by atoms with Crippen LogP contribution in [0, 0.1) is 12.7 Å². The van der Waals surface area contributed by atoms with Crippen molar-refractivity contribution in [3.05, 3.63) is 23.5 Å². The number of benzene rings is 1. The standard InChI is InChI=1S/C10H14BFO3/c1-6(2)15-10-8(11(13)14)5-4-7(3)9(10)12/h4-6,13-14H,1-3H3. The number of hydrogen-bond acceptors (Lipinski definition) is 3. The van der Waals surface area contributed by atoms with Gasteiger partial charge >= 0.3 is 7.12 Å². The molecular formula is C10H14BFO3. The van der Waals surface area contributed by atoms with Gasteiger partial charge in [-0.2, -0.15) is 0 Å². The predicted octanol–water partition coefficient (Wildman–Crippen LogP) is 0.601. The van der Waals surface area contributed by atoms with Crippen molar-refractivity contribution in [3.8, 4) is 5.75 Å². The summed E-state index contributed by atoms with van der Waals surface area (Å²) in [5.41, 5.74) is 0.460. The third kappa shape index (κ3) is 2.70. The number of ether oxygens (including phenoxy) is 1. The summed E-state index contributed by atoms with van der Waals surface area (Å²) >= 11 is 0. The van der Waals surface area contributed by atoms with Gasteiger partial charge in [-0.15, -0.1) is 0 Å². The first-order chi connectivity index (χ1) is 6.93. The summed E-state index contributed by atoms with van der Waals surface area (Å²) in [6.45, 7) is 5.08. The van der Waals surface area contributed by atoms with E-state index in [1.165, 1.54) is 12.1 Å². The van der Waals surface area contributed by atoms with E-state index in [0.29, 0.717) is 5.56 Å². The number of aryl methyl sites for hydroxylation is 1. The second-order valence-electron chi connectivity index (χ2n) is 3.66. The Kier molecular flexibility index (Phi) is 3.71. The molecule has 0 atom stereocenters. The van der Waals surface area contributed by atoms with Gasteiger partial charge in [0.1, 0.15) is 0 Å². The lowest BCUT2D eigenvalue weighted by atomic mass is 9.79. The summed E-state index contributed by atoms with van der Waals surface area (Å²) < 4.78 is 18.9. The van der Waals surface area contributed by atoms with Crippen molar-refractivity contribution in [3.63, 3.8) is 0 Å². The zero-order valence-electron chi connectivity index (χ0n) is 8.99. The molecule has 0 spiro atoms. The lowest BCUT2D eigenvalue weighted by Gasteiger charge is -2.15. The van der Waals surface area contributed by atoms with Gasteiger partial charge in [0.2, 0.25) is 0 Å².